The highest BCUT2D eigenvalue weighted by Crippen LogP contribution is 2.45. The number of thioether (sulfide) groups is 1. The van der Waals surface area contributed by atoms with Crippen LogP contribution in [-0.2, 0) is 4.79 Å². The predicted octanol–water partition coefficient (Wildman–Crippen LogP) is 6.43. The van der Waals surface area contributed by atoms with Crippen LogP contribution in [0.5, 0.6) is 0 Å². The summed E-state index contributed by atoms with van der Waals surface area (Å²) in [6.45, 7) is 11.3. The lowest BCUT2D eigenvalue weighted by atomic mass is 9.79. The molecule has 0 aromatic heterocycles. The van der Waals surface area contributed by atoms with Crippen LogP contribution in [0.3, 0.4) is 0 Å². The Morgan fingerprint density at radius 3 is 2.47 bits per heavy atom. The first-order chi connectivity index (χ1) is 14.2. The van der Waals surface area contributed by atoms with Crippen molar-refractivity contribution in [2.75, 3.05) is 9.80 Å². The quantitative estimate of drug-likeness (QED) is 0.537. The number of hydrogen-bond acceptors (Lipinski definition) is 4. The van der Waals surface area contributed by atoms with Crippen molar-refractivity contribution in [3.63, 3.8) is 0 Å². The maximum absolute atomic E-state index is 12.9. The molecule has 2 amide bonds. The third kappa shape index (κ3) is 3.56. The van der Waals surface area contributed by atoms with Crippen LogP contribution < -0.4 is 9.80 Å². The topological polar surface area (TPSA) is 40.6 Å². The van der Waals surface area contributed by atoms with Crippen LogP contribution in [0.25, 0.3) is 6.08 Å². The summed E-state index contributed by atoms with van der Waals surface area (Å²) in [6, 6.07) is 15.9. The average Bonchev–Trinajstić information content (AvgIpc) is 2.95. The molecule has 2 aliphatic heterocycles. The molecule has 4 nitrogen and oxygen atoms in total. The van der Waals surface area contributed by atoms with Gasteiger partial charge in [-0.1, -0.05) is 31.2 Å². The van der Waals surface area contributed by atoms with Gasteiger partial charge in [-0.15, -0.1) is 0 Å². The van der Waals surface area contributed by atoms with Crippen LogP contribution in [0.15, 0.2) is 53.4 Å². The van der Waals surface area contributed by atoms with Gasteiger partial charge < -0.3 is 4.90 Å². The number of hydrogen-bond donors (Lipinski definition) is 0. The van der Waals surface area contributed by atoms with E-state index in [-0.39, 0.29) is 16.7 Å². The average molecular weight is 421 g/mol. The molecular formula is C25H28N2O2S. The van der Waals surface area contributed by atoms with Gasteiger partial charge in [-0.2, -0.15) is 0 Å². The Balaban J connectivity index is 1.68. The zero-order valence-electron chi connectivity index (χ0n) is 18.2. The summed E-state index contributed by atoms with van der Waals surface area (Å²) in [5.41, 5.74) is 4.24. The summed E-state index contributed by atoms with van der Waals surface area (Å²) in [7, 11) is 0. The fourth-order valence-electron chi connectivity index (χ4n) is 4.96. The first kappa shape index (κ1) is 20.7. The normalized spacial score (nSPS) is 22.2. The van der Waals surface area contributed by atoms with Crippen molar-refractivity contribution in [3.8, 4) is 0 Å². The van der Waals surface area contributed by atoms with Crippen molar-refractivity contribution in [2.24, 2.45) is 0 Å². The second kappa shape index (κ2) is 7.62. The van der Waals surface area contributed by atoms with Gasteiger partial charge in [-0.05, 0) is 93.3 Å². The number of anilines is 2. The maximum Gasteiger partial charge on any atom is 0.298 e. The third-order valence-corrected chi connectivity index (χ3v) is 6.79. The van der Waals surface area contributed by atoms with Gasteiger partial charge in [0.2, 0.25) is 0 Å². The summed E-state index contributed by atoms with van der Waals surface area (Å²) < 4.78 is 0. The monoisotopic (exact) mass is 420 g/mol. The summed E-state index contributed by atoms with van der Waals surface area (Å²) >= 11 is 1.00. The number of imide groups is 1. The van der Waals surface area contributed by atoms with Crippen LogP contribution in [0.2, 0.25) is 0 Å². The molecule has 0 saturated carbocycles. The minimum atomic E-state index is -0.257. The number of para-hydroxylation sites is 1. The molecule has 5 heteroatoms. The highest BCUT2D eigenvalue weighted by Gasteiger charge is 2.38. The van der Waals surface area contributed by atoms with Crippen molar-refractivity contribution >= 4 is 40.4 Å². The maximum atomic E-state index is 12.9. The van der Waals surface area contributed by atoms with Crippen LogP contribution in [0.1, 0.15) is 58.1 Å². The van der Waals surface area contributed by atoms with Gasteiger partial charge in [0, 0.05) is 17.3 Å². The van der Waals surface area contributed by atoms with Gasteiger partial charge in [0.15, 0.2) is 0 Å². The standard InChI is InChI=1S/C25H28N2O2S/c1-16(2)27-21-12-11-18(13-20(21)17(3)15-25(27,4)5)14-22-23(28)26(24(29)30-22)19-9-7-6-8-10-19/h6-14,16-17H,15H2,1-5H3/b22-14-/t17-/m0/s1. The van der Waals surface area contributed by atoms with E-state index in [2.05, 4.69) is 57.7 Å². The van der Waals surface area contributed by atoms with Gasteiger partial charge in [-0.3, -0.25) is 9.59 Å². The number of fused-ring (bicyclic) bond motifs is 1. The largest absolute Gasteiger partial charge is 0.364 e. The van der Waals surface area contributed by atoms with E-state index < -0.39 is 0 Å². The minimum Gasteiger partial charge on any atom is -0.364 e. The molecule has 0 spiro atoms. The fraction of sp³-hybridized carbons (Fsp3) is 0.360. The molecule has 156 valence electrons. The second-order valence-electron chi connectivity index (χ2n) is 9.05. The molecule has 30 heavy (non-hydrogen) atoms. The van der Waals surface area contributed by atoms with Gasteiger partial charge in [-0.25, -0.2) is 4.90 Å². The van der Waals surface area contributed by atoms with Crippen molar-refractivity contribution < 1.29 is 9.59 Å². The number of carbonyl (C=O) groups excluding carboxylic acids is 2. The summed E-state index contributed by atoms with van der Waals surface area (Å²) in [4.78, 5) is 29.6. The summed E-state index contributed by atoms with van der Waals surface area (Å²) in [5.74, 6) is 0.171. The lowest BCUT2D eigenvalue weighted by molar-refractivity contribution is -0.113. The van der Waals surface area contributed by atoms with Gasteiger partial charge >= 0.3 is 0 Å². The highest BCUT2D eigenvalue weighted by molar-refractivity contribution is 8.19. The zero-order chi connectivity index (χ0) is 21.6. The number of amides is 2. The molecule has 2 aromatic rings. The van der Waals surface area contributed by atoms with E-state index in [0.29, 0.717) is 22.6 Å². The molecule has 4 rings (SSSR count). The third-order valence-electron chi connectivity index (χ3n) is 5.92. The zero-order valence-corrected chi connectivity index (χ0v) is 19.0. The van der Waals surface area contributed by atoms with E-state index in [1.165, 1.54) is 16.2 Å². The molecule has 1 atom stereocenters. The van der Waals surface area contributed by atoms with Crippen molar-refractivity contribution in [2.45, 2.75) is 58.5 Å². The molecule has 0 radical (unpaired) electrons. The van der Waals surface area contributed by atoms with E-state index in [4.69, 9.17) is 0 Å². The summed E-state index contributed by atoms with van der Waals surface area (Å²) in [5, 5.41) is -0.253. The van der Waals surface area contributed by atoms with Gasteiger partial charge in [0.1, 0.15) is 0 Å². The molecule has 2 aromatic carbocycles. The Hall–Kier alpha value is -2.53. The molecule has 0 N–H and O–H groups in total. The Morgan fingerprint density at radius 1 is 1.10 bits per heavy atom. The van der Waals surface area contributed by atoms with Crippen LogP contribution in [0.4, 0.5) is 16.2 Å². The predicted molar refractivity (Wildman–Crippen MR) is 126 cm³/mol. The van der Waals surface area contributed by atoms with Crippen molar-refractivity contribution in [3.05, 3.63) is 64.6 Å². The lowest BCUT2D eigenvalue weighted by Crippen LogP contribution is -2.51. The molecule has 1 fully saturated rings. The van der Waals surface area contributed by atoms with Crippen molar-refractivity contribution in [1.82, 2.24) is 0 Å². The van der Waals surface area contributed by atoms with Crippen LogP contribution in [-0.4, -0.2) is 22.7 Å². The molecule has 0 aliphatic carbocycles. The number of rotatable bonds is 3. The van der Waals surface area contributed by atoms with E-state index in [1.54, 1.807) is 12.1 Å². The smallest absolute Gasteiger partial charge is 0.298 e. The van der Waals surface area contributed by atoms with E-state index in [9.17, 15) is 9.59 Å². The van der Waals surface area contributed by atoms with E-state index >= 15 is 0 Å². The van der Waals surface area contributed by atoms with Crippen molar-refractivity contribution in [1.29, 1.82) is 0 Å². The Morgan fingerprint density at radius 2 is 1.80 bits per heavy atom. The molecule has 1 saturated heterocycles. The molecule has 2 heterocycles. The molecular weight excluding hydrogens is 392 g/mol. The first-order valence-corrected chi connectivity index (χ1v) is 11.3. The van der Waals surface area contributed by atoms with Gasteiger partial charge in [0.25, 0.3) is 11.1 Å². The highest BCUT2D eigenvalue weighted by atomic mass is 32.2. The molecule has 0 bridgehead atoms. The Bertz CT molecular complexity index is 1030. The first-order valence-electron chi connectivity index (χ1n) is 10.5. The summed E-state index contributed by atoms with van der Waals surface area (Å²) in [6.07, 6.45) is 2.92. The SMILES string of the molecule is CC(C)N1c2ccc(/C=C3\SC(=O)N(c4ccccc4)C3=O)cc2[C@@H](C)CC1(C)C. The second-order valence-corrected chi connectivity index (χ2v) is 10.0. The Labute approximate surface area is 182 Å². The lowest BCUT2D eigenvalue weighted by Gasteiger charge is -2.50. The van der Waals surface area contributed by atoms with Crippen LogP contribution in [0, 0.1) is 0 Å². The number of nitrogens with zero attached hydrogens (tertiary/aromatic N) is 2. The number of carbonyl (C=O) groups is 2. The molecule has 0 unspecified atom stereocenters. The van der Waals surface area contributed by atoms with E-state index in [1.807, 2.05) is 24.3 Å². The fourth-order valence-corrected chi connectivity index (χ4v) is 5.80. The Kier molecular flexibility index (Phi) is 5.27. The van der Waals surface area contributed by atoms with Crippen LogP contribution >= 0.6 is 11.8 Å². The van der Waals surface area contributed by atoms with E-state index in [0.717, 1.165) is 23.7 Å². The minimum absolute atomic E-state index is 0.0977. The number of benzene rings is 2. The van der Waals surface area contributed by atoms with Gasteiger partial charge in [0.05, 0.1) is 10.6 Å². The molecule has 2 aliphatic rings.